The summed E-state index contributed by atoms with van der Waals surface area (Å²) in [6, 6.07) is 5.26. The fourth-order valence-corrected chi connectivity index (χ4v) is 3.31. The van der Waals surface area contributed by atoms with Crippen LogP contribution in [0.15, 0.2) is 40.1 Å². The summed E-state index contributed by atoms with van der Waals surface area (Å²) in [5.74, 6) is 6.28. The minimum Gasteiger partial charge on any atom is -0.293 e. The lowest BCUT2D eigenvalue weighted by molar-refractivity contribution is 0.137. The summed E-state index contributed by atoms with van der Waals surface area (Å²) in [7, 11) is 1.70. The molecule has 0 saturated heterocycles. The number of alkyl halides is 1. The molecule has 0 radical (unpaired) electrons. The number of fused-ring (bicyclic) bond motifs is 2. The van der Waals surface area contributed by atoms with E-state index >= 15 is 0 Å². The number of hydrogen-bond acceptors (Lipinski definition) is 3. The topological polar surface area (TPSA) is 47.2 Å². The van der Waals surface area contributed by atoms with Crippen LogP contribution in [0.4, 0.5) is 4.39 Å². The van der Waals surface area contributed by atoms with E-state index in [1.165, 1.54) is 4.57 Å². The van der Waals surface area contributed by atoms with Gasteiger partial charge in [-0.1, -0.05) is 32.8 Å². The van der Waals surface area contributed by atoms with E-state index < -0.39 is 6.17 Å². The Bertz CT molecular complexity index is 1050. The van der Waals surface area contributed by atoms with Gasteiger partial charge in [0.05, 0.1) is 10.9 Å². The van der Waals surface area contributed by atoms with Crippen molar-refractivity contribution in [1.82, 2.24) is 9.55 Å². The first-order chi connectivity index (χ1) is 12.8. The molecule has 0 saturated carbocycles. The Kier molecular flexibility index (Phi) is 5.27. The van der Waals surface area contributed by atoms with Crippen molar-refractivity contribution in [2.24, 2.45) is 10.4 Å². The molecule has 1 aliphatic rings. The van der Waals surface area contributed by atoms with Crippen LogP contribution < -0.4 is 5.56 Å². The lowest BCUT2D eigenvalue weighted by Gasteiger charge is -2.33. The Labute approximate surface area is 158 Å². The van der Waals surface area contributed by atoms with Gasteiger partial charge in [-0.25, -0.2) is 9.37 Å². The predicted octanol–water partition coefficient (Wildman–Crippen LogP) is 4.23. The second-order valence-electron chi connectivity index (χ2n) is 7.60. The third-order valence-electron chi connectivity index (χ3n) is 4.67. The zero-order valence-corrected chi connectivity index (χ0v) is 16.2. The third-order valence-corrected chi connectivity index (χ3v) is 4.67. The fraction of sp³-hybridized carbons (Fsp3) is 0.409. The van der Waals surface area contributed by atoms with Gasteiger partial charge >= 0.3 is 0 Å². The van der Waals surface area contributed by atoms with Crippen LogP contribution in [-0.2, 0) is 6.54 Å². The number of hydrogen-bond donors (Lipinski definition) is 0. The number of aliphatic imine (C=N–C) groups is 1. The van der Waals surface area contributed by atoms with E-state index in [0.717, 1.165) is 12.0 Å². The Morgan fingerprint density at radius 2 is 2.26 bits per heavy atom. The summed E-state index contributed by atoms with van der Waals surface area (Å²) in [6.07, 6.45) is 3.92. The Hall–Kier alpha value is -2.74. The lowest BCUT2D eigenvalue weighted by Crippen LogP contribution is -2.37. The molecule has 3 rings (SSSR count). The molecule has 0 fully saturated rings. The highest BCUT2D eigenvalue weighted by Crippen LogP contribution is 2.37. The van der Waals surface area contributed by atoms with Crippen molar-refractivity contribution < 1.29 is 4.39 Å². The van der Waals surface area contributed by atoms with Crippen LogP contribution in [0, 0.1) is 17.3 Å². The molecule has 1 unspecified atom stereocenters. The molecule has 2 aromatic rings. The monoisotopic (exact) mass is 365 g/mol. The zero-order chi connectivity index (χ0) is 19.6. The Balaban J connectivity index is 2.05. The minimum absolute atomic E-state index is 0.188. The number of halogens is 1. The molecule has 1 aromatic carbocycles. The third kappa shape index (κ3) is 4.00. The van der Waals surface area contributed by atoms with E-state index in [1.807, 2.05) is 32.9 Å². The van der Waals surface area contributed by atoms with E-state index in [0.29, 0.717) is 29.6 Å². The SMILES string of the molecule is CC/C=C\C(C#Cc1ccc2c(=O)n3c(nc2c1)C(F)CC(C)(C)C3)=NC. The van der Waals surface area contributed by atoms with Gasteiger partial charge in [-0.05, 0) is 48.5 Å². The number of nitrogens with zero attached hydrogens (tertiary/aromatic N) is 3. The van der Waals surface area contributed by atoms with Crippen molar-refractivity contribution in [2.45, 2.75) is 46.3 Å². The van der Waals surface area contributed by atoms with Gasteiger partial charge in [0.25, 0.3) is 5.56 Å². The van der Waals surface area contributed by atoms with Gasteiger partial charge in [-0.15, -0.1) is 0 Å². The predicted molar refractivity (Wildman–Crippen MR) is 108 cm³/mol. The van der Waals surface area contributed by atoms with E-state index in [9.17, 15) is 9.18 Å². The molecule has 4 nitrogen and oxygen atoms in total. The molecule has 0 aliphatic carbocycles. The Morgan fingerprint density at radius 1 is 1.48 bits per heavy atom. The molecule has 2 heterocycles. The van der Waals surface area contributed by atoms with Crippen LogP contribution in [0.3, 0.4) is 0 Å². The summed E-state index contributed by atoms with van der Waals surface area (Å²) in [6.45, 7) is 6.46. The molecule has 1 atom stereocenters. The van der Waals surface area contributed by atoms with E-state index in [1.54, 1.807) is 25.2 Å². The van der Waals surface area contributed by atoms with E-state index in [2.05, 4.69) is 21.8 Å². The molecule has 0 N–H and O–H groups in total. The zero-order valence-electron chi connectivity index (χ0n) is 16.2. The summed E-state index contributed by atoms with van der Waals surface area (Å²) < 4.78 is 16.1. The number of allylic oxidation sites excluding steroid dienone is 2. The molecular weight excluding hydrogens is 341 g/mol. The van der Waals surface area contributed by atoms with Crippen molar-refractivity contribution in [3.05, 3.63) is 52.1 Å². The van der Waals surface area contributed by atoms with Crippen molar-refractivity contribution in [3.63, 3.8) is 0 Å². The van der Waals surface area contributed by atoms with Gasteiger partial charge in [0.1, 0.15) is 11.5 Å². The molecule has 0 bridgehead atoms. The first-order valence-corrected chi connectivity index (χ1v) is 9.18. The summed E-state index contributed by atoms with van der Waals surface area (Å²) >= 11 is 0. The maximum Gasteiger partial charge on any atom is 0.261 e. The maximum atomic E-state index is 14.6. The normalized spacial score (nSPS) is 19.0. The van der Waals surface area contributed by atoms with Gasteiger partial charge in [0, 0.05) is 19.2 Å². The number of rotatable bonds is 2. The smallest absolute Gasteiger partial charge is 0.261 e. The maximum absolute atomic E-state index is 14.6. The summed E-state index contributed by atoms with van der Waals surface area (Å²) in [5, 5.41) is 0.490. The van der Waals surface area contributed by atoms with Crippen LogP contribution in [0.1, 0.15) is 51.2 Å². The summed E-state index contributed by atoms with van der Waals surface area (Å²) in [4.78, 5) is 21.4. The largest absolute Gasteiger partial charge is 0.293 e. The van der Waals surface area contributed by atoms with Crippen LogP contribution in [0.25, 0.3) is 10.9 Å². The van der Waals surface area contributed by atoms with Crippen LogP contribution in [0.2, 0.25) is 0 Å². The highest BCUT2D eigenvalue weighted by molar-refractivity contribution is 6.09. The first-order valence-electron chi connectivity index (χ1n) is 9.18. The molecular formula is C22H24FN3O. The highest BCUT2D eigenvalue weighted by Gasteiger charge is 2.34. The Morgan fingerprint density at radius 3 is 2.96 bits per heavy atom. The van der Waals surface area contributed by atoms with E-state index in [4.69, 9.17) is 0 Å². The van der Waals surface area contributed by atoms with Crippen LogP contribution in [-0.4, -0.2) is 22.3 Å². The molecule has 140 valence electrons. The average Bonchev–Trinajstić information content (AvgIpc) is 2.62. The molecule has 1 aliphatic heterocycles. The van der Waals surface area contributed by atoms with Crippen molar-refractivity contribution in [1.29, 1.82) is 0 Å². The number of aromatic nitrogens is 2. The van der Waals surface area contributed by atoms with Crippen LogP contribution in [0.5, 0.6) is 0 Å². The standard InChI is InChI=1S/C22H24FN3O/c1-5-6-7-16(24-4)10-8-15-9-11-17-19(12-15)25-20-18(23)13-22(2,3)14-26(20)21(17)27/h6-7,9,11-12,18H,5,13-14H2,1-4H3/b7-6-,24-16?. The lowest BCUT2D eigenvalue weighted by atomic mass is 9.84. The molecule has 27 heavy (non-hydrogen) atoms. The second-order valence-corrected chi connectivity index (χ2v) is 7.60. The van der Waals surface area contributed by atoms with Crippen molar-refractivity contribution in [3.8, 4) is 11.8 Å². The van der Waals surface area contributed by atoms with Crippen molar-refractivity contribution in [2.75, 3.05) is 7.05 Å². The first kappa shape index (κ1) is 19.0. The van der Waals surface area contributed by atoms with Gasteiger partial charge in [0.2, 0.25) is 0 Å². The quantitative estimate of drug-likeness (QED) is 0.591. The minimum atomic E-state index is -1.24. The molecule has 1 aromatic heterocycles. The highest BCUT2D eigenvalue weighted by atomic mass is 19.1. The summed E-state index contributed by atoms with van der Waals surface area (Å²) in [5.41, 5.74) is 1.43. The average molecular weight is 365 g/mol. The van der Waals surface area contributed by atoms with Gasteiger partial charge in [-0.2, -0.15) is 0 Å². The van der Waals surface area contributed by atoms with Gasteiger partial charge in [-0.3, -0.25) is 14.4 Å². The van der Waals surface area contributed by atoms with Crippen molar-refractivity contribution >= 4 is 16.6 Å². The molecule has 0 spiro atoms. The molecule has 5 heteroatoms. The number of benzene rings is 1. The molecule has 0 amide bonds. The van der Waals surface area contributed by atoms with Gasteiger partial charge in [0.15, 0.2) is 6.17 Å². The fourth-order valence-electron chi connectivity index (χ4n) is 3.31. The van der Waals surface area contributed by atoms with Gasteiger partial charge < -0.3 is 0 Å². The second kappa shape index (κ2) is 7.48. The van der Waals surface area contributed by atoms with E-state index in [-0.39, 0.29) is 16.8 Å². The van der Waals surface area contributed by atoms with Crippen LogP contribution >= 0.6 is 0 Å².